The third kappa shape index (κ3) is 2.61. The van der Waals surface area contributed by atoms with Crippen molar-refractivity contribution >= 4 is 17.5 Å². The van der Waals surface area contributed by atoms with Crippen molar-refractivity contribution in [1.82, 2.24) is 10.3 Å². The number of amides is 1. The lowest BCUT2D eigenvalue weighted by Gasteiger charge is -2.17. The van der Waals surface area contributed by atoms with Crippen molar-refractivity contribution < 1.29 is 4.79 Å². The van der Waals surface area contributed by atoms with Gasteiger partial charge in [-0.15, -0.1) is 11.6 Å². The Morgan fingerprint density at radius 3 is 2.86 bits per heavy atom. The van der Waals surface area contributed by atoms with Crippen LogP contribution in [0.4, 0.5) is 0 Å². The zero-order chi connectivity index (χ0) is 14.8. The van der Waals surface area contributed by atoms with Gasteiger partial charge in [0.15, 0.2) is 0 Å². The molecule has 2 unspecified atom stereocenters. The summed E-state index contributed by atoms with van der Waals surface area (Å²) in [5.41, 5.74) is 2.92. The van der Waals surface area contributed by atoms with Crippen molar-refractivity contribution in [2.45, 2.75) is 17.8 Å². The summed E-state index contributed by atoms with van der Waals surface area (Å²) >= 11 is 6.34. The average molecular weight is 298 g/mol. The third-order valence-corrected chi connectivity index (χ3v) is 3.98. The van der Waals surface area contributed by atoms with Gasteiger partial charge in [0.1, 0.15) is 11.8 Å². The monoisotopic (exact) mass is 297 g/mol. The Bertz CT molecular complexity index is 721. The van der Waals surface area contributed by atoms with Crippen molar-refractivity contribution in [1.29, 1.82) is 5.26 Å². The number of halogens is 1. The van der Waals surface area contributed by atoms with E-state index in [0.717, 1.165) is 17.5 Å². The van der Waals surface area contributed by atoms with E-state index in [4.69, 9.17) is 16.9 Å². The van der Waals surface area contributed by atoms with Gasteiger partial charge in [0.05, 0.1) is 17.0 Å². The molecule has 0 aliphatic heterocycles. The van der Waals surface area contributed by atoms with E-state index in [0.29, 0.717) is 5.56 Å². The Morgan fingerprint density at radius 2 is 2.14 bits per heavy atom. The van der Waals surface area contributed by atoms with Gasteiger partial charge in [-0.25, -0.2) is 4.98 Å². The van der Waals surface area contributed by atoms with E-state index in [1.54, 1.807) is 6.07 Å². The second-order valence-corrected chi connectivity index (χ2v) is 5.47. The highest BCUT2D eigenvalue weighted by Crippen LogP contribution is 2.34. The van der Waals surface area contributed by atoms with E-state index in [2.05, 4.69) is 10.3 Å². The lowest BCUT2D eigenvalue weighted by Crippen LogP contribution is -2.32. The van der Waals surface area contributed by atoms with E-state index in [9.17, 15) is 4.79 Å². The number of nitriles is 1. The normalized spacial score (nSPS) is 19.6. The Labute approximate surface area is 127 Å². The number of carbonyl (C=O) groups is 1. The summed E-state index contributed by atoms with van der Waals surface area (Å²) in [5.74, 6) is -0.285. The molecule has 104 valence electrons. The highest BCUT2D eigenvalue weighted by molar-refractivity contribution is 6.21. The molecule has 1 aromatic heterocycles. The predicted octanol–water partition coefficient (Wildman–Crippen LogP) is 2.59. The number of fused-ring (bicyclic) bond motifs is 1. The molecule has 0 bridgehead atoms. The fraction of sp³-hybridized carbons (Fsp3) is 0.188. The maximum absolute atomic E-state index is 12.2. The SMILES string of the molecule is N#Cc1ccc(C(=O)NC2c3ccccc3CC2Cl)nc1. The van der Waals surface area contributed by atoms with Gasteiger partial charge in [0, 0.05) is 6.20 Å². The topological polar surface area (TPSA) is 65.8 Å². The summed E-state index contributed by atoms with van der Waals surface area (Å²) in [6.07, 6.45) is 2.12. The average Bonchev–Trinajstić information content (AvgIpc) is 2.83. The van der Waals surface area contributed by atoms with Crippen molar-refractivity contribution in [2.75, 3.05) is 0 Å². The summed E-state index contributed by atoms with van der Waals surface area (Å²) in [6, 6.07) is 12.8. The molecule has 1 aliphatic carbocycles. The molecule has 5 heteroatoms. The Kier molecular flexibility index (Phi) is 3.59. The molecule has 1 amide bonds. The number of rotatable bonds is 2. The largest absolute Gasteiger partial charge is 0.342 e. The van der Waals surface area contributed by atoms with Crippen LogP contribution in [-0.4, -0.2) is 16.3 Å². The second kappa shape index (κ2) is 5.55. The number of carbonyl (C=O) groups excluding carboxylic acids is 1. The molecular weight excluding hydrogens is 286 g/mol. The first-order valence-corrected chi connectivity index (χ1v) is 7.01. The van der Waals surface area contributed by atoms with E-state index < -0.39 is 0 Å². The van der Waals surface area contributed by atoms with Gasteiger partial charge in [-0.05, 0) is 29.7 Å². The molecule has 4 nitrogen and oxygen atoms in total. The summed E-state index contributed by atoms with van der Waals surface area (Å²) in [7, 11) is 0. The second-order valence-electron chi connectivity index (χ2n) is 4.91. The number of pyridine rings is 1. The number of nitrogens with one attached hydrogen (secondary N) is 1. The maximum atomic E-state index is 12.2. The number of hydrogen-bond acceptors (Lipinski definition) is 3. The molecule has 2 aromatic rings. The van der Waals surface area contributed by atoms with Crippen molar-refractivity contribution in [2.24, 2.45) is 0 Å². The first-order chi connectivity index (χ1) is 10.2. The van der Waals surface area contributed by atoms with Crippen LogP contribution in [0, 0.1) is 11.3 Å². The molecule has 0 saturated heterocycles. The zero-order valence-electron chi connectivity index (χ0n) is 11.1. The standard InChI is InChI=1S/C16H12ClN3O/c17-13-7-11-3-1-2-4-12(11)15(13)20-16(21)14-6-5-10(8-18)9-19-14/h1-6,9,13,15H,7H2,(H,20,21). The number of alkyl halides is 1. The number of nitrogens with zero attached hydrogens (tertiary/aromatic N) is 2. The van der Waals surface area contributed by atoms with Gasteiger partial charge in [-0.3, -0.25) is 4.79 Å². The molecule has 1 aliphatic rings. The molecule has 1 N–H and O–H groups in total. The van der Waals surface area contributed by atoms with Crippen LogP contribution in [0.3, 0.4) is 0 Å². The lowest BCUT2D eigenvalue weighted by atomic mass is 10.1. The van der Waals surface area contributed by atoms with Crippen LogP contribution in [-0.2, 0) is 6.42 Å². The van der Waals surface area contributed by atoms with Crippen LogP contribution in [0.25, 0.3) is 0 Å². The lowest BCUT2D eigenvalue weighted by molar-refractivity contribution is 0.0932. The van der Waals surface area contributed by atoms with Crippen LogP contribution in [0.5, 0.6) is 0 Å². The minimum Gasteiger partial charge on any atom is -0.342 e. The van der Waals surface area contributed by atoms with E-state index in [1.807, 2.05) is 30.3 Å². The maximum Gasteiger partial charge on any atom is 0.270 e. The fourth-order valence-electron chi connectivity index (χ4n) is 2.52. The van der Waals surface area contributed by atoms with E-state index in [-0.39, 0.29) is 23.0 Å². The van der Waals surface area contributed by atoms with Crippen LogP contribution in [0.1, 0.15) is 33.2 Å². The fourth-order valence-corrected chi connectivity index (χ4v) is 2.89. The van der Waals surface area contributed by atoms with Crippen LogP contribution < -0.4 is 5.32 Å². The minimum absolute atomic E-state index is 0.162. The minimum atomic E-state index is -0.285. The van der Waals surface area contributed by atoms with Gasteiger partial charge >= 0.3 is 0 Å². The van der Waals surface area contributed by atoms with Gasteiger partial charge in [-0.1, -0.05) is 24.3 Å². The summed E-state index contributed by atoms with van der Waals surface area (Å²) < 4.78 is 0. The van der Waals surface area contributed by atoms with Crippen LogP contribution >= 0.6 is 11.6 Å². The van der Waals surface area contributed by atoms with Crippen molar-refractivity contribution in [3.8, 4) is 6.07 Å². The van der Waals surface area contributed by atoms with Gasteiger partial charge in [0.2, 0.25) is 0 Å². The molecule has 0 spiro atoms. The van der Waals surface area contributed by atoms with Gasteiger partial charge in [0.25, 0.3) is 5.91 Å². The smallest absolute Gasteiger partial charge is 0.270 e. The molecule has 0 saturated carbocycles. The van der Waals surface area contributed by atoms with Crippen LogP contribution in [0.2, 0.25) is 0 Å². The first kappa shape index (κ1) is 13.6. The molecule has 1 aromatic carbocycles. The molecule has 0 fully saturated rings. The quantitative estimate of drug-likeness (QED) is 0.867. The third-order valence-electron chi connectivity index (χ3n) is 3.58. The number of hydrogen-bond donors (Lipinski definition) is 1. The number of benzene rings is 1. The Balaban J connectivity index is 1.80. The number of aromatic nitrogens is 1. The summed E-state index contributed by atoms with van der Waals surface area (Å²) in [4.78, 5) is 16.2. The first-order valence-electron chi connectivity index (χ1n) is 6.58. The zero-order valence-corrected chi connectivity index (χ0v) is 11.8. The molecule has 3 rings (SSSR count). The van der Waals surface area contributed by atoms with Crippen LogP contribution in [0.15, 0.2) is 42.6 Å². The molecule has 0 radical (unpaired) electrons. The molecule has 2 atom stereocenters. The van der Waals surface area contributed by atoms with Gasteiger partial charge < -0.3 is 5.32 Å². The Hall–Kier alpha value is -2.38. The predicted molar refractivity (Wildman–Crippen MR) is 78.9 cm³/mol. The summed E-state index contributed by atoms with van der Waals surface area (Å²) in [5, 5.41) is 11.5. The van der Waals surface area contributed by atoms with E-state index >= 15 is 0 Å². The van der Waals surface area contributed by atoms with Crippen molar-refractivity contribution in [3.63, 3.8) is 0 Å². The highest BCUT2D eigenvalue weighted by atomic mass is 35.5. The van der Waals surface area contributed by atoms with Crippen molar-refractivity contribution in [3.05, 3.63) is 65.0 Å². The molecule has 21 heavy (non-hydrogen) atoms. The highest BCUT2D eigenvalue weighted by Gasteiger charge is 2.32. The Morgan fingerprint density at radius 1 is 1.33 bits per heavy atom. The summed E-state index contributed by atoms with van der Waals surface area (Å²) in [6.45, 7) is 0. The molecule has 1 heterocycles. The molecular formula is C16H12ClN3O. The van der Waals surface area contributed by atoms with E-state index in [1.165, 1.54) is 12.3 Å². The van der Waals surface area contributed by atoms with Gasteiger partial charge in [-0.2, -0.15) is 5.26 Å².